The van der Waals surface area contributed by atoms with Crippen LogP contribution in [0.15, 0.2) is 54.7 Å². The topological polar surface area (TPSA) is 39.3 Å². The third kappa shape index (κ3) is 4.90. The number of hydrogen-bond acceptors (Lipinski definition) is 2. The molecular weight excluding hydrogens is 377 g/mol. The molecule has 158 valence electrons. The molecule has 0 bridgehead atoms. The highest BCUT2D eigenvalue weighted by molar-refractivity contribution is 5.88. The largest absolute Gasteiger partial charge is 0.361 e. The van der Waals surface area contributed by atoms with E-state index in [0.29, 0.717) is 12.3 Å². The number of hydrogen-bond donors (Lipinski definition) is 1. The number of carbonyl (C=O) groups excluding carboxylic acids is 1. The Morgan fingerprint density at radius 3 is 2.63 bits per heavy atom. The Hall–Kier alpha value is -2.66. The maximum atomic E-state index is 13.8. The zero-order valence-corrected chi connectivity index (χ0v) is 17.6. The number of H-pyrrole nitrogens is 1. The van der Waals surface area contributed by atoms with Crippen molar-refractivity contribution in [1.82, 2.24) is 14.8 Å². The number of fused-ring (bicyclic) bond motifs is 1. The van der Waals surface area contributed by atoms with Crippen LogP contribution >= 0.6 is 0 Å². The number of likely N-dealkylation sites (N-methyl/N-ethyl adjacent to an activating group) is 1. The van der Waals surface area contributed by atoms with Crippen LogP contribution in [-0.2, 0) is 17.6 Å². The van der Waals surface area contributed by atoms with E-state index < -0.39 is 0 Å². The molecule has 1 aromatic heterocycles. The lowest BCUT2D eigenvalue weighted by Gasteiger charge is -2.34. The van der Waals surface area contributed by atoms with Crippen LogP contribution in [0.2, 0.25) is 0 Å². The molecule has 0 unspecified atom stereocenters. The number of benzene rings is 2. The molecule has 4 nitrogen and oxygen atoms in total. The van der Waals surface area contributed by atoms with Crippen LogP contribution in [0.4, 0.5) is 4.39 Å². The summed E-state index contributed by atoms with van der Waals surface area (Å²) in [6.07, 6.45) is 5.30. The third-order valence-corrected chi connectivity index (χ3v) is 6.34. The average molecular weight is 408 g/mol. The third-order valence-electron chi connectivity index (χ3n) is 6.34. The minimum Gasteiger partial charge on any atom is -0.361 e. The lowest BCUT2D eigenvalue weighted by atomic mass is 9.95. The maximum absolute atomic E-state index is 13.8. The van der Waals surface area contributed by atoms with Gasteiger partial charge in [-0.1, -0.05) is 36.4 Å². The number of carbonyl (C=O) groups is 1. The molecule has 2 heterocycles. The first-order valence-corrected chi connectivity index (χ1v) is 10.8. The van der Waals surface area contributed by atoms with Crippen molar-refractivity contribution >= 4 is 16.8 Å². The SMILES string of the molecule is CN(CC1CCN(CCc2ccccc2F)CC1)C(=O)Cc1c[nH]c2ccccc12. The van der Waals surface area contributed by atoms with Crippen LogP contribution in [0.1, 0.15) is 24.0 Å². The summed E-state index contributed by atoms with van der Waals surface area (Å²) in [5.41, 5.74) is 2.93. The fourth-order valence-electron chi connectivity index (χ4n) is 4.44. The van der Waals surface area contributed by atoms with Gasteiger partial charge in [-0.25, -0.2) is 4.39 Å². The van der Waals surface area contributed by atoms with E-state index in [1.807, 2.05) is 48.5 Å². The van der Waals surface area contributed by atoms with E-state index in [9.17, 15) is 9.18 Å². The van der Waals surface area contributed by atoms with Crippen molar-refractivity contribution in [3.05, 3.63) is 71.7 Å². The van der Waals surface area contributed by atoms with Crippen LogP contribution in [0.5, 0.6) is 0 Å². The Labute approximate surface area is 177 Å². The summed E-state index contributed by atoms with van der Waals surface area (Å²) in [7, 11) is 1.92. The molecule has 0 spiro atoms. The highest BCUT2D eigenvalue weighted by Gasteiger charge is 2.22. The van der Waals surface area contributed by atoms with Gasteiger partial charge in [-0.3, -0.25) is 4.79 Å². The second-order valence-corrected chi connectivity index (χ2v) is 8.44. The van der Waals surface area contributed by atoms with E-state index in [1.165, 1.54) is 6.07 Å². The second kappa shape index (κ2) is 9.43. The van der Waals surface area contributed by atoms with Crippen LogP contribution in [-0.4, -0.2) is 53.9 Å². The monoisotopic (exact) mass is 407 g/mol. The van der Waals surface area contributed by atoms with Crippen LogP contribution in [0, 0.1) is 11.7 Å². The summed E-state index contributed by atoms with van der Waals surface area (Å²) in [4.78, 5) is 20.3. The summed E-state index contributed by atoms with van der Waals surface area (Å²) in [5.74, 6) is 0.594. The summed E-state index contributed by atoms with van der Waals surface area (Å²) < 4.78 is 13.8. The molecule has 0 saturated carbocycles. The highest BCUT2D eigenvalue weighted by Crippen LogP contribution is 2.21. The lowest BCUT2D eigenvalue weighted by molar-refractivity contribution is -0.129. The summed E-state index contributed by atoms with van der Waals surface area (Å²) in [6.45, 7) is 3.73. The van der Waals surface area contributed by atoms with Crippen molar-refractivity contribution in [2.75, 3.05) is 33.2 Å². The Bertz CT molecular complexity index is 991. The van der Waals surface area contributed by atoms with E-state index in [0.717, 1.165) is 67.5 Å². The van der Waals surface area contributed by atoms with Gasteiger partial charge in [-0.05, 0) is 61.5 Å². The molecule has 30 heavy (non-hydrogen) atoms. The summed E-state index contributed by atoms with van der Waals surface area (Å²) in [5, 5.41) is 1.13. The first-order valence-electron chi connectivity index (χ1n) is 10.8. The number of rotatable bonds is 7. The standard InChI is InChI=1S/C25H30FN3O/c1-28(25(30)16-21-17-27-24-9-5-3-7-22(21)24)18-19-10-13-29(14-11-19)15-12-20-6-2-4-8-23(20)26/h2-9,17,19,27H,10-16,18H2,1H3. The first kappa shape index (κ1) is 20.6. The van der Waals surface area contributed by atoms with Crippen molar-refractivity contribution in [3.8, 4) is 0 Å². The Morgan fingerprint density at radius 1 is 1.10 bits per heavy atom. The number of nitrogens with zero attached hydrogens (tertiary/aromatic N) is 2. The van der Waals surface area contributed by atoms with Gasteiger partial charge in [0.05, 0.1) is 6.42 Å². The smallest absolute Gasteiger partial charge is 0.226 e. The Morgan fingerprint density at radius 2 is 1.83 bits per heavy atom. The summed E-state index contributed by atoms with van der Waals surface area (Å²) >= 11 is 0. The molecule has 1 N–H and O–H groups in total. The number of likely N-dealkylation sites (tertiary alicyclic amines) is 1. The van der Waals surface area contributed by atoms with Crippen LogP contribution in [0.25, 0.3) is 10.9 Å². The lowest BCUT2D eigenvalue weighted by Crippen LogP contribution is -2.40. The fraction of sp³-hybridized carbons (Fsp3) is 0.400. The number of para-hydroxylation sites is 1. The first-order chi connectivity index (χ1) is 14.6. The molecule has 5 heteroatoms. The van der Waals surface area contributed by atoms with Gasteiger partial charge in [0.25, 0.3) is 0 Å². The highest BCUT2D eigenvalue weighted by atomic mass is 19.1. The molecule has 1 saturated heterocycles. The van der Waals surface area contributed by atoms with E-state index in [-0.39, 0.29) is 11.7 Å². The molecule has 1 aliphatic heterocycles. The molecule has 1 amide bonds. The normalized spacial score (nSPS) is 15.5. The number of nitrogens with one attached hydrogen (secondary N) is 1. The fourth-order valence-corrected chi connectivity index (χ4v) is 4.44. The quantitative estimate of drug-likeness (QED) is 0.636. The van der Waals surface area contributed by atoms with Crippen LogP contribution in [0.3, 0.4) is 0 Å². The van der Waals surface area contributed by atoms with Crippen molar-refractivity contribution < 1.29 is 9.18 Å². The number of aromatic amines is 1. The minimum absolute atomic E-state index is 0.109. The molecule has 3 aromatic rings. The van der Waals surface area contributed by atoms with Crippen molar-refractivity contribution in [3.63, 3.8) is 0 Å². The van der Waals surface area contributed by atoms with Gasteiger partial charge in [0, 0.05) is 37.2 Å². The number of halogens is 1. The predicted molar refractivity (Wildman–Crippen MR) is 119 cm³/mol. The number of piperidine rings is 1. The number of amides is 1. The zero-order valence-electron chi connectivity index (χ0n) is 17.6. The maximum Gasteiger partial charge on any atom is 0.226 e. The average Bonchev–Trinajstić information content (AvgIpc) is 3.17. The van der Waals surface area contributed by atoms with Crippen LogP contribution < -0.4 is 0 Å². The van der Waals surface area contributed by atoms with E-state index in [4.69, 9.17) is 0 Å². The van der Waals surface area contributed by atoms with Gasteiger partial charge in [0.2, 0.25) is 5.91 Å². The van der Waals surface area contributed by atoms with E-state index in [1.54, 1.807) is 6.07 Å². The van der Waals surface area contributed by atoms with Gasteiger partial charge in [-0.15, -0.1) is 0 Å². The van der Waals surface area contributed by atoms with Gasteiger partial charge in [-0.2, -0.15) is 0 Å². The second-order valence-electron chi connectivity index (χ2n) is 8.44. The number of aromatic nitrogens is 1. The van der Waals surface area contributed by atoms with Crippen molar-refractivity contribution in [2.24, 2.45) is 5.92 Å². The minimum atomic E-state index is -0.109. The summed E-state index contributed by atoms with van der Waals surface area (Å²) in [6, 6.07) is 15.1. The molecule has 2 aromatic carbocycles. The van der Waals surface area contributed by atoms with Gasteiger partial charge in [0.15, 0.2) is 0 Å². The van der Waals surface area contributed by atoms with Crippen molar-refractivity contribution in [2.45, 2.75) is 25.7 Å². The van der Waals surface area contributed by atoms with Gasteiger partial charge < -0.3 is 14.8 Å². The molecule has 0 aliphatic carbocycles. The molecule has 1 fully saturated rings. The Kier molecular flexibility index (Phi) is 6.48. The molecule has 4 rings (SSSR count). The van der Waals surface area contributed by atoms with E-state index in [2.05, 4.69) is 16.0 Å². The Balaban J connectivity index is 1.22. The van der Waals surface area contributed by atoms with Crippen molar-refractivity contribution in [1.29, 1.82) is 0 Å². The van der Waals surface area contributed by atoms with Gasteiger partial charge >= 0.3 is 0 Å². The molecule has 0 atom stereocenters. The molecule has 1 aliphatic rings. The van der Waals surface area contributed by atoms with Gasteiger partial charge in [0.1, 0.15) is 5.82 Å². The predicted octanol–water partition coefficient (Wildman–Crippen LogP) is 4.26. The zero-order chi connectivity index (χ0) is 20.9. The molecule has 0 radical (unpaired) electrons. The van der Waals surface area contributed by atoms with E-state index >= 15 is 0 Å². The molecular formula is C25H30FN3O.